The molecule has 110 valence electrons. The fourth-order valence-electron chi connectivity index (χ4n) is 2.58. The van der Waals surface area contributed by atoms with Crippen LogP contribution in [0.4, 0.5) is 0 Å². The first-order chi connectivity index (χ1) is 9.71. The molecule has 2 aromatic rings. The molecule has 7 heteroatoms. The minimum absolute atomic E-state index is 0. The Morgan fingerprint density at radius 1 is 0.957 bits per heavy atom. The van der Waals surface area contributed by atoms with Gasteiger partial charge in [0.1, 0.15) is 0 Å². The molecule has 0 aliphatic rings. The summed E-state index contributed by atoms with van der Waals surface area (Å²) in [4.78, 5) is 35.3. The van der Waals surface area contributed by atoms with Crippen LogP contribution in [0.2, 0.25) is 0 Å². The van der Waals surface area contributed by atoms with Crippen LogP contribution in [-0.2, 0) is 4.57 Å². The van der Waals surface area contributed by atoms with Gasteiger partial charge in [-0.3, -0.25) is 4.79 Å². The number of aryl methyl sites for hydroxylation is 3. The zero-order valence-electron chi connectivity index (χ0n) is 14.0. The van der Waals surface area contributed by atoms with Gasteiger partial charge in [-0.2, -0.15) is 0 Å². The predicted molar refractivity (Wildman–Crippen MR) is 77.8 cm³/mol. The molecule has 0 radical (unpaired) electrons. The van der Waals surface area contributed by atoms with Crippen molar-refractivity contribution in [3.63, 3.8) is 0 Å². The zero-order valence-corrected chi connectivity index (χ0v) is 18.9. The summed E-state index contributed by atoms with van der Waals surface area (Å²) in [7, 11) is -4.99. The molecule has 0 saturated carbocycles. The van der Waals surface area contributed by atoms with Crippen molar-refractivity contribution in [2.75, 3.05) is 0 Å². The van der Waals surface area contributed by atoms with Gasteiger partial charge in [-0.1, -0.05) is 42.0 Å². The molecule has 0 spiro atoms. The van der Waals surface area contributed by atoms with E-state index in [-0.39, 0.29) is 64.7 Å². The number of ketones is 1. The Kier molecular flexibility index (Phi) is 9.20. The number of carbonyl (C=O) groups excluding carboxylic acids is 1. The Morgan fingerprint density at radius 3 is 1.91 bits per heavy atom. The molecule has 2 rings (SSSR count). The van der Waals surface area contributed by atoms with Crippen molar-refractivity contribution in [3.8, 4) is 0 Å². The Morgan fingerprint density at radius 2 is 1.43 bits per heavy atom. The average Bonchev–Trinajstić information content (AvgIpc) is 2.36. The van der Waals surface area contributed by atoms with E-state index in [0.29, 0.717) is 5.56 Å². The summed E-state index contributed by atoms with van der Waals surface area (Å²) in [5.74, 6) is -0.437. The van der Waals surface area contributed by atoms with Crippen molar-refractivity contribution in [1.29, 1.82) is 0 Å². The van der Waals surface area contributed by atoms with Gasteiger partial charge in [-0.05, 0) is 44.8 Å². The fraction of sp³-hybridized carbons (Fsp3) is 0.188. The van der Waals surface area contributed by atoms with Gasteiger partial charge in [0.15, 0.2) is 5.78 Å². The van der Waals surface area contributed by atoms with E-state index in [2.05, 4.69) is 0 Å². The van der Waals surface area contributed by atoms with Crippen LogP contribution in [0.5, 0.6) is 0 Å². The molecule has 0 aliphatic heterocycles. The Hall–Kier alpha value is 0.260. The van der Waals surface area contributed by atoms with Crippen molar-refractivity contribution in [2.24, 2.45) is 0 Å². The van der Waals surface area contributed by atoms with Gasteiger partial charge in [0, 0.05) is 11.1 Å². The summed E-state index contributed by atoms with van der Waals surface area (Å²) in [5, 5.41) is -0.450. The third-order valence-corrected chi connectivity index (χ3v) is 4.33. The maximum absolute atomic E-state index is 12.7. The van der Waals surface area contributed by atoms with Crippen molar-refractivity contribution in [1.82, 2.24) is 0 Å². The van der Waals surface area contributed by atoms with Gasteiger partial charge in [0.25, 0.3) is 0 Å². The number of hydrogen-bond acceptors (Lipinski definition) is 4. The standard InChI is InChI=1S/C16H17O4P.2Na/c1-10-8-11(2)15(12(3)9-10)16(17)13-6-4-5-7-14(13)21(18,19)20;;/h4-9H,1-3H3,(H2,18,19,20);;/q;2*+1/p-2. The smallest absolute Gasteiger partial charge is 0.807 e. The van der Waals surface area contributed by atoms with E-state index in [4.69, 9.17) is 0 Å². The monoisotopic (exact) mass is 348 g/mol. The first-order valence-electron chi connectivity index (χ1n) is 6.46. The molecule has 0 N–H and O–H groups in total. The second-order valence-electron chi connectivity index (χ2n) is 5.12. The first kappa shape index (κ1) is 23.3. The van der Waals surface area contributed by atoms with Crippen LogP contribution in [0.1, 0.15) is 32.6 Å². The first-order valence-corrected chi connectivity index (χ1v) is 8.00. The molecule has 0 fully saturated rings. The second kappa shape index (κ2) is 9.10. The van der Waals surface area contributed by atoms with Crippen LogP contribution in [0.15, 0.2) is 36.4 Å². The molecule has 0 unspecified atom stereocenters. The molecule has 0 saturated heterocycles. The Balaban J connectivity index is 0.00000242. The third kappa shape index (κ3) is 5.37. The maximum Gasteiger partial charge on any atom is 1.00 e. The number of benzene rings is 2. The topological polar surface area (TPSA) is 80.3 Å². The molecule has 0 heterocycles. The SMILES string of the molecule is Cc1cc(C)c(C(=O)c2ccccc2P(=O)([O-])[O-])c(C)c1.[Na+].[Na+]. The molecule has 23 heavy (non-hydrogen) atoms. The number of rotatable bonds is 3. The second-order valence-corrected chi connectivity index (χ2v) is 6.59. The maximum atomic E-state index is 12.7. The minimum atomic E-state index is -4.99. The molecular formula is C16H15Na2O4P. The van der Waals surface area contributed by atoms with Gasteiger partial charge < -0.3 is 14.4 Å². The van der Waals surface area contributed by atoms with Crippen LogP contribution in [-0.4, -0.2) is 5.78 Å². The third-order valence-electron chi connectivity index (χ3n) is 3.35. The van der Waals surface area contributed by atoms with E-state index in [1.165, 1.54) is 18.2 Å². The molecule has 0 atom stereocenters. The van der Waals surface area contributed by atoms with Crippen molar-refractivity contribution >= 4 is 18.7 Å². The summed E-state index contributed by atoms with van der Waals surface area (Å²) < 4.78 is 11.3. The number of carbonyl (C=O) groups is 1. The van der Waals surface area contributed by atoms with E-state index in [0.717, 1.165) is 16.7 Å². The summed E-state index contributed by atoms with van der Waals surface area (Å²) in [5.41, 5.74) is 2.92. The van der Waals surface area contributed by atoms with Crippen LogP contribution in [0.25, 0.3) is 0 Å². The largest absolute Gasteiger partial charge is 1.00 e. The Labute approximate surface area is 180 Å². The molecular weight excluding hydrogens is 333 g/mol. The van der Waals surface area contributed by atoms with E-state index in [9.17, 15) is 19.1 Å². The van der Waals surface area contributed by atoms with Crippen molar-refractivity contribution < 1.29 is 78.3 Å². The average molecular weight is 348 g/mol. The van der Waals surface area contributed by atoms with E-state index >= 15 is 0 Å². The van der Waals surface area contributed by atoms with Crippen molar-refractivity contribution in [3.05, 3.63) is 64.2 Å². The van der Waals surface area contributed by atoms with E-state index < -0.39 is 18.7 Å². The quantitative estimate of drug-likeness (QED) is 0.318. The molecule has 0 aromatic heterocycles. The van der Waals surface area contributed by atoms with Crippen molar-refractivity contribution in [2.45, 2.75) is 20.8 Å². The number of hydrogen-bond donors (Lipinski definition) is 0. The Bertz CT molecular complexity index is 745. The molecule has 0 aliphatic carbocycles. The summed E-state index contributed by atoms with van der Waals surface area (Å²) in [6, 6.07) is 9.24. The minimum Gasteiger partial charge on any atom is -0.807 e. The fourth-order valence-corrected chi connectivity index (χ4v) is 3.32. The van der Waals surface area contributed by atoms with E-state index in [1.807, 2.05) is 19.1 Å². The van der Waals surface area contributed by atoms with Crippen LogP contribution >= 0.6 is 7.60 Å². The summed E-state index contributed by atoms with van der Waals surface area (Å²) >= 11 is 0. The summed E-state index contributed by atoms with van der Waals surface area (Å²) in [6.07, 6.45) is 0. The molecule has 4 nitrogen and oxygen atoms in total. The van der Waals surface area contributed by atoms with Gasteiger partial charge >= 0.3 is 59.1 Å². The molecule has 0 bridgehead atoms. The van der Waals surface area contributed by atoms with Crippen LogP contribution in [0.3, 0.4) is 0 Å². The normalized spacial score (nSPS) is 10.5. The predicted octanol–water partition coefficient (Wildman–Crippen LogP) is -4.61. The van der Waals surface area contributed by atoms with Gasteiger partial charge in [0.2, 0.25) is 0 Å². The van der Waals surface area contributed by atoms with Gasteiger partial charge in [-0.15, -0.1) is 0 Å². The van der Waals surface area contributed by atoms with Gasteiger partial charge in [-0.25, -0.2) is 0 Å². The zero-order chi connectivity index (χ0) is 15.8. The van der Waals surface area contributed by atoms with Crippen LogP contribution in [0, 0.1) is 20.8 Å². The molecule has 0 amide bonds. The van der Waals surface area contributed by atoms with Gasteiger partial charge in [0.05, 0.1) is 0 Å². The summed E-state index contributed by atoms with van der Waals surface area (Å²) in [6.45, 7) is 5.51. The van der Waals surface area contributed by atoms with E-state index in [1.54, 1.807) is 19.9 Å². The molecule has 2 aromatic carbocycles. The van der Waals surface area contributed by atoms with Crippen LogP contribution < -0.4 is 74.2 Å².